The summed E-state index contributed by atoms with van der Waals surface area (Å²) in [7, 11) is 0. The van der Waals surface area contributed by atoms with Gasteiger partial charge in [-0.2, -0.15) is 0 Å². The molecule has 1 aliphatic heterocycles. The molecule has 2 aromatic rings. The first-order valence-electron chi connectivity index (χ1n) is 6.33. The summed E-state index contributed by atoms with van der Waals surface area (Å²) in [6, 6.07) is 0. The normalized spacial score (nSPS) is 19.1. The molecule has 0 bridgehead atoms. The third-order valence-corrected chi connectivity index (χ3v) is 5.15. The van der Waals surface area contributed by atoms with E-state index in [1.165, 1.54) is 22.2 Å². The predicted octanol–water partition coefficient (Wildman–Crippen LogP) is 3.09. The summed E-state index contributed by atoms with van der Waals surface area (Å²) in [5, 5.41) is 1.79. The number of nitrogens with zero attached hydrogens (tertiary/aromatic N) is 2. The number of anilines is 1. The lowest BCUT2D eigenvalue weighted by atomic mass is 9.96. The summed E-state index contributed by atoms with van der Waals surface area (Å²) in [6.07, 6.45) is 3.15. The molecule has 0 radical (unpaired) electrons. The van der Waals surface area contributed by atoms with Crippen molar-refractivity contribution in [2.45, 2.75) is 38.1 Å². The van der Waals surface area contributed by atoms with Crippen molar-refractivity contribution in [2.75, 3.05) is 12.0 Å². The molecular formula is C13H17N3OS2. The Morgan fingerprint density at radius 1 is 1.42 bits per heavy atom. The van der Waals surface area contributed by atoms with E-state index in [2.05, 4.69) is 23.8 Å². The fourth-order valence-corrected chi connectivity index (χ4v) is 3.97. The van der Waals surface area contributed by atoms with Crippen LogP contribution in [-0.2, 0) is 17.8 Å². The van der Waals surface area contributed by atoms with Crippen molar-refractivity contribution < 1.29 is 4.74 Å². The molecule has 4 nitrogen and oxygen atoms in total. The molecule has 0 unspecified atom stereocenters. The van der Waals surface area contributed by atoms with Crippen LogP contribution in [0.3, 0.4) is 0 Å². The summed E-state index contributed by atoms with van der Waals surface area (Å²) in [5.41, 5.74) is 7.43. The van der Waals surface area contributed by atoms with Crippen molar-refractivity contribution in [3.8, 4) is 0 Å². The molecule has 0 saturated carbocycles. The Bertz CT molecular complexity index is 624. The van der Waals surface area contributed by atoms with Crippen LogP contribution >= 0.6 is 23.1 Å². The smallest absolute Gasteiger partial charge is 0.190 e. The molecule has 3 rings (SSSR count). The van der Waals surface area contributed by atoms with Crippen molar-refractivity contribution in [1.29, 1.82) is 0 Å². The van der Waals surface area contributed by atoms with Crippen molar-refractivity contribution in [2.24, 2.45) is 5.92 Å². The Hall–Kier alpha value is -0.850. The lowest BCUT2D eigenvalue weighted by Gasteiger charge is -2.26. The van der Waals surface area contributed by atoms with E-state index in [0.717, 1.165) is 21.8 Å². The van der Waals surface area contributed by atoms with Gasteiger partial charge < -0.3 is 10.5 Å². The van der Waals surface area contributed by atoms with E-state index in [4.69, 9.17) is 10.5 Å². The number of fused-ring (bicyclic) bond motifs is 3. The fraction of sp³-hybridized carbons (Fsp3) is 0.538. The van der Waals surface area contributed by atoms with Gasteiger partial charge in [0.05, 0.1) is 18.1 Å². The average molecular weight is 295 g/mol. The standard InChI is InChI=1S/C13H17N3OS2/c1-6(2)8-4-7-9(5-17-8)19-12-10(7)11(14)15-13(16-12)18-3/h6,8H,4-5H2,1-3H3,(H2,14,15,16)/t8-/m0/s1. The van der Waals surface area contributed by atoms with Crippen LogP contribution in [0, 0.1) is 5.92 Å². The fourth-order valence-electron chi connectivity index (χ4n) is 2.41. The molecule has 1 atom stereocenters. The van der Waals surface area contributed by atoms with Gasteiger partial charge in [0.2, 0.25) is 0 Å². The lowest BCUT2D eigenvalue weighted by Crippen LogP contribution is -2.26. The van der Waals surface area contributed by atoms with Gasteiger partial charge >= 0.3 is 0 Å². The number of rotatable bonds is 2. The predicted molar refractivity (Wildman–Crippen MR) is 80.7 cm³/mol. The molecule has 0 saturated heterocycles. The summed E-state index contributed by atoms with van der Waals surface area (Å²) >= 11 is 3.21. The highest BCUT2D eigenvalue weighted by Crippen LogP contribution is 2.39. The van der Waals surface area contributed by atoms with Crippen LogP contribution in [0.25, 0.3) is 10.2 Å². The van der Waals surface area contributed by atoms with Gasteiger partial charge in [-0.25, -0.2) is 9.97 Å². The van der Waals surface area contributed by atoms with E-state index in [1.54, 1.807) is 11.3 Å². The second-order valence-corrected chi connectivity index (χ2v) is 6.93. The van der Waals surface area contributed by atoms with Gasteiger partial charge in [0.25, 0.3) is 0 Å². The van der Waals surface area contributed by atoms with Gasteiger partial charge in [-0.15, -0.1) is 11.3 Å². The second kappa shape index (κ2) is 4.92. The van der Waals surface area contributed by atoms with Crippen molar-refractivity contribution in [3.05, 3.63) is 10.4 Å². The SMILES string of the molecule is CSc1nc(N)c2c3c(sc2n1)CO[C@H](C(C)C)C3. The monoisotopic (exact) mass is 295 g/mol. The number of aromatic nitrogens is 2. The van der Waals surface area contributed by atoms with E-state index in [0.29, 0.717) is 18.3 Å². The molecule has 1 aliphatic rings. The zero-order valence-electron chi connectivity index (χ0n) is 11.3. The molecule has 0 aliphatic carbocycles. The zero-order valence-corrected chi connectivity index (χ0v) is 12.9. The highest BCUT2D eigenvalue weighted by Gasteiger charge is 2.27. The van der Waals surface area contributed by atoms with Crippen LogP contribution in [0.5, 0.6) is 0 Å². The van der Waals surface area contributed by atoms with Gasteiger partial charge in [-0.05, 0) is 17.7 Å². The Kier molecular flexibility index (Phi) is 3.41. The first-order chi connectivity index (χ1) is 9.10. The van der Waals surface area contributed by atoms with Gasteiger partial charge in [0.15, 0.2) is 5.16 Å². The minimum Gasteiger partial charge on any atom is -0.383 e. The molecule has 0 aromatic carbocycles. The number of thiophene rings is 1. The lowest BCUT2D eigenvalue weighted by molar-refractivity contribution is 0.00203. The maximum Gasteiger partial charge on any atom is 0.190 e. The molecule has 0 spiro atoms. The number of hydrogen-bond donors (Lipinski definition) is 1. The Morgan fingerprint density at radius 3 is 2.89 bits per heavy atom. The number of hydrogen-bond acceptors (Lipinski definition) is 6. The highest BCUT2D eigenvalue weighted by molar-refractivity contribution is 7.98. The highest BCUT2D eigenvalue weighted by atomic mass is 32.2. The van der Waals surface area contributed by atoms with E-state index in [1.807, 2.05) is 6.26 Å². The largest absolute Gasteiger partial charge is 0.383 e. The summed E-state index contributed by atoms with van der Waals surface area (Å²) in [6.45, 7) is 5.05. The maximum absolute atomic E-state index is 6.12. The van der Waals surface area contributed by atoms with E-state index >= 15 is 0 Å². The first kappa shape index (κ1) is 13.1. The third kappa shape index (κ3) is 2.22. The average Bonchev–Trinajstić information content (AvgIpc) is 2.75. The maximum atomic E-state index is 6.12. The van der Waals surface area contributed by atoms with Crippen molar-refractivity contribution >= 4 is 39.1 Å². The first-order valence-corrected chi connectivity index (χ1v) is 8.37. The minimum atomic E-state index is 0.268. The molecular weight excluding hydrogens is 278 g/mol. The molecule has 0 fully saturated rings. The molecule has 6 heteroatoms. The quantitative estimate of drug-likeness (QED) is 0.681. The number of nitrogen functional groups attached to an aromatic ring is 1. The van der Waals surface area contributed by atoms with Gasteiger partial charge in [-0.3, -0.25) is 0 Å². The topological polar surface area (TPSA) is 61.0 Å². The molecule has 2 aromatic heterocycles. The van der Waals surface area contributed by atoms with Crippen LogP contribution < -0.4 is 5.73 Å². The van der Waals surface area contributed by atoms with Gasteiger partial charge in [0.1, 0.15) is 10.6 Å². The van der Waals surface area contributed by atoms with E-state index < -0.39 is 0 Å². The molecule has 19 heavy (non-hydrogen) atoms. The third-order valence-electron chi connectivity index (χ3n) is 3.50. The number of ether oxygens (including phenoxy) is 1. The van der Waals surface area contributed by atoms with Crippen LogP contribution in [-0.4, -0.2) is 22.3 Å². The Balaban J connectivity index is 2.13. The van der Waals surface area contributed by atoms with Gasteiger partial charge in [-0.1, -0.05) is 25.6 Å². The van der Waals surface area contributed by atoms with Crippen LogP contribution in [0.2, 0.25) is 0 Å². The molecule has 3 heterocycles. The van der Waals surface area contributed by atoms with Crippen LogP contribution in [0.4, 0.5) is 5.82 Å². The molecule has 2 N–H and O–H groups in total. The number of nitrogens with two attached hydrogens (primary N) is 1. The minimum absolute atomic E-state index is 0.268. The Morgan fingerprint density at radius 2 is 2.21 bits per heavy atom. The molecule has 0 amide bonds. The van der Waals surface area contributed by atoms with Crippen molar-refractivity contribution in [1.82, 2.24) is 9.97 Å². The second-order valence-electron chi connectivity index (χ2n) is 5.08. The van der Waals surface area contributed by atoms with Crippen LogP contribution in [0.15, 0.2) is 5.16 Å². The van der Waals surface area contributed by atoms with E-state index in [-0.39, 0.29) is 6.10 Å². The Labute approximate surface area is 120 Å². The van der Waals surface area contributed by atoms with Gasteiger partial charge in [0, 0.05) is 11.3 Å². The van der Waals surface area contributed by atoms with Crippen LogP contribution in [0.1, 0.15) is 24.3 Å². The summed E-state index contributed by atoms with van der Waals surface area (Å²) in [5.74, 6) is 1.12. The van der Waals surface area contributed by atoms with E-state index in [9.17, 15) is 0 Å². The zero-order chi connectivity index (χ0) is 13.6. The molecule has 102 valence electrons. The van der Waals surface area contributed by atoms with Crippen molar-refractivity contribution in [3.63, 3.8) is 0 Å². The summed E-state index contributed by atoms with van der Waals surface area (Å²) in [4.78, 5) is 11.2. The summed E-state index contributed by atoms with van der Waals surface area (Å²) < 4.78 is 5.91. The number of thioether (sulfide) groups is 1.